The molecule has 0 bridgehead atoms. The van der Waals surface area contributed by atoms with E-state index in [4.69, 9.17) is 21.0 Å². The number of aliphatic carboxylic acids is 2. The maximum Gasteiger partial charge on any atom is 0.490 e. The second-order valence-corrected chi connectivity index (χ2v) is 10.7. The van der Waals surface area contributed by atoms with Crippen LogP contribution in [0.1, 0.15) is 58.8 Å². The lowest BCUT2D eigenvalue weighted by atomic mass is 9.99. The van der Waals surface area contributed by atoms with Crippen molar-refractivity contribution in [2.75, 3.05) is 18.0 Å². The Labute approximate surface area is 269 Å². The molecule has 47 heavy (non-hydrogen) atoms. The van der Waals surface area contributed by atoms with E-state index in [0.29, 0.717) is 29.9 Å². The summed E-state index contributed by atoms with van der Waals surface area (Å²) in [4.78, 5) is 51.7. The van der Waals surface area contributed by atoms with Crippen molar-refractivity contribution in [2.24, 2.45) is 5.73 Å². The van der Waals surface area contributed by atoms with Crippen LogP contribution in [0.25, 0.3) is 0 Å². The Morgan fingerprint density at radius 3 is 2.11 bits per heavy atom. The Balaban J connectivity index is 0.000000771. The topological polar surface area (TPSA) is 177 Å². The Morgan fingerprint density at radius 2 is 1.53 bits per heavy atom. The summed E-state index contributed by atoms with van der Waals surface area (Å²) in [5.41, 5.74) is 8.81. The second kappa shape index (κ2) is 16.8. The highest BCUT2D eigenvalue weighted by Crippen LogP contribution is 2.34. The van der Waals surface area contributed by atoms with E-state index in [2.05, 4.69) is 5.32 Å². The first-order chi connectivity index (χ1) is 22.3. The van der Waals surface area contributed by atoms with Gasteiger partial charge in [-0.15, -0.1) is 0 Å². The van der Waals surface area contributed by atoms with Gasteiger partial charge >= 0.3 is 18.1 Å². The smallest absolute Gasteiger partial charge is 0.481 e. The van der Waals surface area contributed by atoms with E-state index >= 15 is 0 Å². The number of guanidine groups is 1. The summed E-state index contributed by atoms with van der Waals surface area (Å²) in [7, 11) is 0. The third-order valence-electron chi connectivity index (χ3n) is 7.26. The average molecular weight is 656 g/mol. The van der Waals surface area contributed by atoms with Crippen LogP contribution in [0.3, 0.4) is 0 Å². The van der Waals surface area contributed by atoms with Crippen molar-refractivity contribution in [3.05, 3.63) is 101 Å². The van der Waals surface area contributed by atoms with Crippen LogP contribution < -0.4 is 16.0 Å². The van der Waals surface area contributed by atoms with Gasteiger partial charge in [-0.25, -0.2) is 4.79 Å². The molecule has 14 heteroatoms. The van der Waals surface area contributed by atoms with Gasteiger partial charge in [0.05, 0.1) is 30.3 Å². The minimum absolute atomic E-state index is 0.0415. The van der Waals surface area contributed by atoms with Crippen molar-refractivity contribution in [2.45, 2.75) is 50.9 Å². The SMILES string of the molecule is N=C(N)NCCCCCc1ccc2c(c1)C(=O)N(C(CC(=O)O)c1ccccc1)CC(=O)N2Cc1ccccc1.O=C(O)C(F)(F)F. The fourth-order valence-electron chi connectivity index (χ4n) is 5.03. The van der Waals surface area contributed by atoms with E-state index < -0.39 is 24.2 Å². The normalized spacial score (nSPS) is 13.5. The Bertz CT molecular complexity index is 1550. The Kier molecular flexibility index (Phi) is 12.9. The first-order valence-corrected chi connectivity index (χ1v) is 14.7. The fourth-order valence-corrected chi connectivity index (χ4v) is 5.03. The monoisotopic (exact) mass is 655 g/mol. The van der Waals surface area contributed by atoms with Crippen molar-refractivity contribution in [1.82, 2.24) is 10.2 Å². The van der Waals surface area contributed by atoms with Gasteiger partial charge < -0.3 is 31.1 Å². The largest absolute Gasteiger partial charge is 0.490 e. The van der Waals surface area contributed by atoms with Crippen LogP contribution in [0.2, 0.25) is 0 Å². The fraction of sp³-hybridized carbons (Fsp3) is 0.303. The summed E-state index contributed by atoms with van der Waals surface area (Å²) in [6.07, 6.45) is -1.99. The first-order valence-electron chi connectivity index (χ1n) is 14.7. The zero-order valence-corrected chi connectivity index (χ0v) is 25.4. The minimum Gasteiger partial charge on any atom is -0.481 e. The molecule has 0 aromatic heterocycles. The van der Waals surface area contributed by atoms with Crippen LogP contribution in [-0.2, 0) is 27.3 Å². The summed E-state index contributed by atoms with van der Waals surface area (Å²) < 4.78 is 31.7. The number of alkyl halides is 3. The number of nitrogens with one attached hydrogen (secondary N) is 2. The van der Waals surface area contributed by atoms with E-state index in [1.165, 1.54) is 4.90 Å². The minimum atomic E-state index is -5.08. The molecule has 0 spiro atoms. The molecule has 2 amide bonds. The molecule has 0 aliphatic carbocycles. The van der Waals surface area contributed by atoms with Gasteiger partial charge in [-0.3, -0.25) is 19.8 Å². The molecule has 0 saturated carbocycles. The lowest BCUT2D eigenvalue weighted by molar-refractivity contribution is -0.192. The van der Waals surface area contributed by atoms with E-state index in [1.807, 2.05) is 54.6 Å². The lowest BCUT2D eigenvalue weighted by Crippen LogP contribution is -2.41. The molecule has 0 saturated heterocycles. The van der Waals surface area contributed by atoms with Crippen LogP contribution in [0, 0.1) is 5.41 Å². The number of fused-ring (bicyclic) bond motifs is 1. The quantitative estimate of drug-likeness (QED) is 0.106. The molecule has 6 N–H and O–H groups in total. The molecule has 4 rings (SSSR count). The van der Waals surface area contributed by atoms with Crippen molar-refractivity contribution in [3.63, 3.8) is 0 Å². The van der Waals surface area contributed by atoms with Gasteiger partial charge in [-0.05, 0) is 48.1 Å². The van der Waals surface area contributed by atoms with Crippen molar-refractivity contribution in [1.29, 1.82) is 5.41 Å². The summed E-state index contributed by atoms with van der Waals surface area (Å²) in [6, 6.07) is 23.4. The number of anilines is 1. The van der Waals surface area contributed by atoms with E-state index in [1.54, 1.807) is 29.2 Å². The molecule has 3 aromatic carbocycles. The van der Waals surface area contributed by atoms with Gasteiger partial charge in [0.25, 0.3) is 5.91 Å². The third-order valence-corrected chi connectivity index (χ3v) is 7.26. The molecule has 0 fully saturated rings. The van der Waals surface area contributed by atoms with Crippen LogP contribution in [0.15, 0.2) is 78.9 Å². The average Bonchev–Trinajstić information content (AvgIpc) is 3.12. The number of hydrogen-bond donors (Lipinski definition) is 5. The molecule has 250 valence electrons. The highest BCUT2D eigenvalue weighted by atomic mass is 19.4. The van der Waals surface area contributed by atoms with Gasteiger partial charge in [-0.1, -0.05) is 73.2 Å². The number of unbranched alkanes of at least 4 members (excludes halogenated alkanes) is 2. The molecule has 11 nitrogen and oxygen atoms in total. The number of rotatable bonds is 12. The van der Waals surface area contributed by atoms with Crippen molar-refractivity contribution < 1.29 is 42.6 Å². The zero-order chi connectivity index (χ0) is 34.6. The van der Waals surface area contributed by atoms with E-state index in [-0.39, 0.29) is 30.7 Å². The Hall–Kier alpha value is -5.40. The molecule has 1 atom stereocenters. The third kappa shape index (κ3) is 10.9. The van der Waals surface area contributed by atoms with Crippen LogP contribution in [0.4, 0.5) is 18.9 Å². The molecule has 1 aliphatic rings. The van der Waals surface area contributed by atoms with E-state index in [9.17, 15) is 32.7 Å². The molecule has 3 aromatic rings. The number of nitrogens with zero attached hydrogens (tertiary/aromatic N) is 2. The number of nitrogens with two attached hydrogens (primary N) is 1. The van der Waals surface area contributed by atoms with Gasteiger partial charge in [-0.2, -0.15) is 13.2 Å². The van der Waals surface area contributed by atoms with Crippen molar-refractivity contribution in [3.8, 4) is 0 Å². The first kappa shape index (κ1) is 36.1. The van der Waals surface area contributed by atoms with Gasteiger partial charge in [0.2, 0.25) is 5.91 Å². The van der Waals surface area contributed by atoms with Gasteiger partial charge in [0.1, 0.15) is 6.54 Å². The highest BCUT2D eigenvalue weighted by Gasteiger charge is 2.38. The number of carbonyl (C=O) groups excluding carboxylic acids is 2. The van der Waals surface area contributed by atoms with Crippen LogP contribution in [0.5, 0.6) is 0 Å². The standard InChI is InChI=1S/C31H35N5O4.C2HF3O2/c32-31(33)34-17-9-3-6-10-22-15-16-26-25(18-22)30(40)36(27(19-29(38)39)24-13-7-2-8-14-24)21-28(37)35(26)20-23-11-4-1-5-12-23;3-2(4,5)1(6)7/h1-2,4-5,7-8,11-16,18,27H,3,6,9-10,17,19-21H2,(H,38,39)(H4,32,33,34);(H,6,7). The van der Waals surface area contributed by atoms with Crippen LogP contribution >= 0.6 is 0 Å². The number of aryl methyl sites for hydroxylation is 1. The maximum atomic E-state index is 14.1. The van der Waals surface area contributed by atoms with Crippen molar-refractivity contribution >= 4 is 35.4 Å². The number of amides is 2. The summed E-state index contributed by atoms with van der Waals surface area (Å²) >= 11 is 0. The number of carbonyl (C=O) groups is 4. The molecule has 1 unspecified atom stereocenters. The number of carboxylic acid groups (broad SMARTS) is 2. The molecular formula is C33H36F3N5O6. The van der Waals surface area contributed by atoms with Gasteiger partial charge in [0.15, 0.2) is 5.96 Å². The zero-order valence-electron chi connectivity index (χ0n) is 25.4. The predicted molar refractivity (Wildman–Crippen MR) is 168 cm³/mol. The number of halogens is 3. The molecular weight excluding hydrogens is 619 g/mol. The second-order valence-electron chi connectivity index (χ2n) is 10.7. The molecule has 1 heterocycles. The summed E-state index contributed by atoms with van der Waals surface area (Å²) in [5.74, 6) is -4.48. The van der Waals surface area contributed by atoms with E-state index in [0.717, 1.165) is 36.8 Å². The molecule has 1 aliphatic heterocycles. The van der Waals surface area contributed by atoms with Gasteiger partial charge in [0, 0.05) is 6.54 Å². The summed E-state index contributed by atoms with van der Waals surface area (Å²) in [5, 5.41) is 26.9. The number of carboxylic acids is 2. The predicted octanol–water partition coefficient (Wildman–Crippen LogP) is 4.72. The number of hydrogen-bond acceptors (Lipinski definition) is 5. The Morgan fingerprint density at radius 1 is 0.915 bits per heavy atom. The summed E-state index contributed by atoms with van der Waals surface area (Å²) in [6.45, 7) is 0.699. The molecule has 0 radical (unpaired) electrons. The lowest BCUT2D eigenvalue weighted by Gasteiger charge is -2.30. The van der Waals surface area contributed by atoms with Crippen LogP contribution in [-0.4, -0.2) is 64.1 Å². The maximum absolute atomic E-state index is 14.1. The highest BCUT2D eigenvalue weighted by molar-refractivity contribution is 6.10. The number of benzene rings is 3.